The van der Waals surface area contributed by atoms with Gasteiger partial charge in [0.15, 0.2) is 11.0 Å². The first-order valence-electron chi connectivity index (χ1n) is 6.68. The van der Waals surface area contributed by atoms with Gasteiger partial charge in [-0.2, -0.15) is 0 Å². The lowest BCUT2D eigenvalue weighted by Gasteiger charge is -2.36. The molecule has 1 fully saturated rings. The van der Waals surface area contributed by atoms with Crippen molar-refractivity contribution in [1.82, 2.24) is 10.2 Å². The van der Waals surface area contributed by atoms with Crippen LogP contribution >= 0.6 is 23.2 Å². The number of rotatable bonds is 2. The van der Waals surface area contributed by atoms with E-state index in [0.29, 0.717) is 18.1 Å². The summed E-state index contributed by atoms with van der Waals surface area (Å²) in [6.07, 6.45) is 0. The number of amides is 1. The molecule has 1 saturated heterocycles. The molecule has 1 aromatic heterocycles. The summed E-state index contributed by atoms with van der Waals surface area (Å²) >= 11 is 12.0. The summed E-state index contributed by atoms with van der Waals surface area (Å²) in [6.45, 7) is 1.98. The van der Waals surface area contributed by atoms with Gasteiger partial charge in [-0.25, -0.2) is 0 Å². The van der Waals surface area contributed by atoms with Gasteiger partial charge >= 0.3 is 0 Å². The molecular weight excluding hydrogens is 311 g/mol. The molecule has 0 spiro atoms. The van der Waals surface area contributed by atoms with Crippen molar-refractivity contribution in [2.24, 2.45) is 0 Å². The zero-order chi connectivity index (χ0) is 14.8. The van der Waals surface area contributed by atoms with Crippen LogP contribution in [0.2, 0.25) is 10.2 Å². The highest BCUT2D eigenvalue weighted by atomic mass is 35.5. The standard InChI is InChI=1S/C15H14Cl2N2O2/c16-11-4-2-1-3-10(11)12-9-18-7-8-19(12)15(20)13-5-6-14(17)21-13/h1-6,12,18H,7-9H2. The average molecular weight is 325 g/mol. The second-order valence-electron chi connectivity index (χ2n) is 4.84. The third kappa shape index (κ3) is 2.93. The summed E-state index contributed by atoms with van der Waals surface area (Å²) in [5.41, 5.74) is 0.928. The monoisotopic (exact) mass is 324 g/mol. The van der Waals surface area contributed by atoms with Gasteiger partial charge in [-0.3, -0.25) is 4.79 Å². The topological polar surface area (TPSA) is 45.5 Å². The molecule has 1 aromatic carbocycles. The van der Waals surface area contributed by atoms with Crippen LogP contribution in [0.5, 0.6) is 0 Å². The maximum absolute atomic E-state index is 12.6. The minimum Gasteiger partial charge on any atom is -0.440 e. The van der Waals surface area contributed by atoms with Crippen LogP contribution in [0.15, 0.2) is 40.8 Å². The van der Waals surface area contributed by atoms with E-state index in [1.54, 1.807) is 17.0 Å². The largest absolute Gasteiger partial charge is 0.440 e. The quantitative estimate of drug-likeness (QED) is 0.921. The molecule has 0 radical (unpaired) electrons. The number of hydrogen-bond donors (Lipinski definition) is 1. The number of furan rings is 1. The van der Waals surface area contributed by atoms with Crippen molar-refractivity contribution in [3.63, 3.8) is 0 Å². The van der Waals surface area contributed by atoms with Gasteiger partial charge < -0.3 is 14.6 Å². The first-order valence-corrected chi connectivity index (χ1v) is 7.44. The Balaban J connectivity index is 1.92. The molecule has 0 saturated carbocycles. The van der Waals surface area contributed by atoms with Crippen molar-refractivity contribution in [3.8, 4) is 0 Å². The Bertz CT molecular complexity index is 657. The Morgan fingerprint density at radius 2 is 2.05 bits per heavy atom. The fraction of sp³-hybridized carbons (Fsp3) is 0.267. The molecule has 2 heterocycles. The van der Waals surface area contributed by atoms with Crippen molar-refractivity contribution >= 4 is 29.1 Å². The summed E-state index contributed by atoms with van der Waals surface area (Å²) in [7, 11) is 0. The van der Waals surface area contributed by atoms with Crippen LogP contribution in [-0.2, 0) is 0 Å². The number of nitrogens with zero attached hydrogens (tertiary/aromatic N) is 1. The van der Waals surface area contributed by atoms with Crippen LogP contribution in [0, 0.1) is 0 Å². The maximum Gasteiger partial charge on any atom is 0.290 e. The Morgan fingerprint density at radius 1 is 1.24 bits per heavy atom. The zero-order valence-electron chi connectivity index (χ0n) is 11.2. The summed E-state index contributed by atoms with van der Waals surface area (Å²) in [5.74, 6) is 0.0762. The van der Waals surface area contributed by atoms with E-state index in [1.165, 1.54) is 0 Å². The fourth-order valence-electron chi connectivity index (χ4n) is 2.54. The van der Waals surface area contributed by atoms with Crippen LogP contribution < -0.4 is 5.32 Å². The smallest absolute Gasteiger partial charge is 0.290 e. The van der Waals surface area contributed by atoms with Crippen molar-refractivity contribution in [3.05, 3.63) is 58.0 Å². The number of halogens is 2. The van der Waals surface area contributed by atoms with E-state index in [1.807, 2.05) is 24.3 Å². The fourth-order valence-corrected chi connectivity index (χ4v) is 2.95. The highest BCUT2D eigenvalue weighted by molar-refractivity contribution is 6.31. The number of carbonyl (C=O) groups is 1. The first kappa shape index (κ1) is 14.4. The third-order valence-electron chi connectivity index (χ3n) is 3.55. The third-order valence-corrected chi connectivity index (χ3v) is 4.10. The Labute approximate surface area is 132 Å². The van der Waals surface area contributed by atoms with E-state index in [0.717, 1.165) is 12.1 Å². The van der Waals surface area contributed by atoms with Gasteiger partial charge in [0.2, 0.25) is 0 Å². The van der Waals surface area contributed by atoms with Gasteiger partial charge in [-0.1, -0.05) is 29.8 Å². The summed E-state index contributed by atoms with van der Waals surface area (Å²) in [4.78, 5) is 14.4. The van der Waals surface area contributed by atoms with Gasteiger partial charge in [-0.15, -0.1) is 0 Å². The zero-order valence-corrected chi connectivity index (χ0v) is 12.7. The average Bonchev–Trinajstić information content (AvgIpc) is 2.94. The predicted octanol–water partition coefficient (Wildman–Crippen LogP) is 3.37. The van der Waals surface area contributed by atoms with Crippen molar-refractivity contribution in [2.75, 3.05) is 19.6 Å². The molecule has 0 bridgehead atoms. The molecular formula is C15H14Cl2N2O2. The Morgan fingerprint density at radius 3 is 2.76 bits per heavy atom. The van der Waals surface area contributed by atoms with Crippen LogP contribution in [0.1, 0.15) is 22.2 Å². The molecule has 1 aliphatic rings. The second-order valence-corrected chi connectivity index (χ2v) is 5.62. The molecule has 0 aliphatic carbocycles. The first-order chi connectivity index (χ1) is 10.2. The number of hydrogen-bond acceptors (Lipinski definition) is 3. The molecule has 3 rings (SSSR count). The molecule has 1 atom stereocenters. The molecule has 4 nitrogen and oxygen atoms in total. The Hall–Kier alpha value is -1.49. The molecule has 110 valence electrons. The number of nitrogens with one attached hydrogen (secondary N) is 1. The SMILES string of the molecule is O=C(c1ccc(Cl)o1)N1CCNCC1c1ccccc1Cl. The number of piperazine rings is 1. The minimum absolute atomic E-state index is 0.121. The highest BCUT2D eigenvalue weighted by Gasteiger charge is 2.31. The van der Waals surface area contributed by atoms with Crippen molar-refractivity contribution < 1.29 is 9.21 Å². The summed E-state index contributed by atoms with van der Waals surface area (Å²) < 4.78 is 5.23. The molecule has 1 N–H and O–H groups in total. The maximum atomic E-state index is 12.6. The second kappa shape index (κ2) is 6.10. The van der Waals surface area contributed by atoms with Crippen LogP contribution in [0.3, 0.4) is 0 Å². The summed E-state index contributed by atoms with van der Waals surface area (Å²) in [5, 5.41) is 4.16. The summed E-state index contributed by atoms with van der Waals surface area (Å²) in [6, 6.07) is 10.6. The normalized spacial score (nSPS) is 18.8. The van der Waals surface area contributed by atoms with Crippen molar-refractivity contribution in [2.45, 2.75) is 6.04 Å². The van der Waals surface area contributed by atoms with E-state index >= 15 is 0 Å². The van der Waals surface area contributed by atoms with Gasteiger partial charge in [0, 0.05) is 24.7 Å². The molecule has 2 aromatic rings. The van der Waals surface area contributed by atoms with Gasteiger partial charge in [0.1, 0.15) is 0 Å². The molecule has 1 aliphatic heterocycles. The highest BCUT2D eigenvalue weighted by Crippen LogP contribution is 2.30. The van der Waals surface area contributed by atoms with E-state index < -0.39 is 0 Å². The minimum atomic E-state index is -0.173. The predicted molar refractivity (Wildman–Crippen MR) is 81.8 cm³/mol. The van der Waals surface area contributed by atoms with Crippen LogP contribution in [0.4, 0.5) is 0 Å². The lowest BCUT2D eigenvalue weighted by Crippen LogP contribution is -2.48. The van der Waals surface area contributed by atoms with E-state index in [4.69, 9.17) is 27.6 Å². The van der Waals surface area contributed by atoms with E-state index in [2.05, 4.69) is 5.32 Å². The van der Waals surface area contributed by atoms with Crippen molar-refractivity contribution in [1.29, 1.82) is 0 Å². The molecule has 1 amide bonds. The van der Waals surface area contributed by atoms with Gasteiger partial charge in [-0.05, 0) is 35.4 Å². The van der Waals surface area contributed by atoms with Gasteiger partial charge in [0.05, 0.1) is 6.04 Å². The molecule has 6 heteroatoms. The molecule has 1 unspecified atom stereocenters. The lowest BCUT2D eigenvalue weighted by atomic mass is 10.0. The van der Waals surface area contributed by atoms with E-state index in [-0.39, 0.29) is 22.9 Å². The van der Waals surface area contributed by atoms with Crippen LogP contribution in [0.25, 0.3) is 0 Å². The van der Waals surface area contributed by atoms with Crippen LogP contribution in [-0.4, -0.2) is 30.4 Å². The Kier molecular flexibility index (Phi) is 4.19. The van der Waals surface area contributed by atoms with Gasteiger partial charge in [0.25, 0.3) is 5.91 Å². The molecule has 21 heavy (non-hydrogen) atoms. The number of benzene rings is 1. The number of carbonyl (C=O) groups excluding carboxylic acids is 1. The van der Waals surface area contributed by atoms with E-state index in [9.17, 15) is 4.79 Å². The lowest BCUT2D eigenvalue weighted by molar-refractivity contribution is 0.0602.